The second-order valence-electron chi connectivity index (χ2n) is 5.67. The van der Waals surface area contributed by atoms with Crippen LogP contribution in [0.4, 0.5) is 0 Å². The van der Waals surface area contributed by atoms with Crippen LogP contribution in [-0.4, -0.2) is 35.6 Å². The molecule has 0 unspecified atom stereocenters. The predicted octanol–water partition coefficient (Wildman–Crippen LogP) is 2.10. The van der Waals surface area contributed by atoms with Crippen molar-refractivity contribution in [3.63, 3.8) is 0 Å². The third kappa shape index (κ3) is 4.06. The lowest BCUT2D eigenvalue weighted by molar-refractivity contribution is -0.127. The maximum absolute atomic E-state index is 11.9. The summed E-state index contributed by atoms with van der Waals surface area (Å²) < 4.78 is 0. The summed E-state index contributed by atoms with van der Waals surface area (Å²) in [6.45, 7) is 3.93. The quantitative estimate of drug-likeness (QED) is 0.852. The molecule has 3 nitrogen and oxygen atoms in total. The third-order valence-electron chi connectivity index (χ3n) is 3.86. The first-order valence-electron chi connectivity index (χ1n) is 7.11. The molecular weight excluding hydrogens is 238 g/mol. The zero-order valence-electron chi connectivity index (χ0n) is 11.6. The molecule has 1 aromatic rings. The van der Waals surface area contributed by atoms with Gasteiger partial charge in [-0.2, -0.15) is 0 Å². The van der Waals surface area contributed by atoms with E-state index in [1.54, 1.807) is 0 Å². The Morgan fingerprint density at radius 2 is 2.11 bits per heavy atom. The van der Waals surface area contributed by atoms with Crippen LogP contribution < -0.4 is 0 Å². The largest absolute Gasteiger partial charge is 0.396 e. The molecule has 1 heterocycles. The highest BCUT2D eigenvalue weighted by molar-refractivity contribution is 5.78. The molecule has 104 valence electrons. The number of likely N-dealkylation sites (tertiary alicyclic amines) is 1. The predicted molar refractivity (Wildman–Crippen MR) is 75.7 cm³/mol. The number of carbonyl (C=O) groups excluding carboxylic acids is 1. The van der Waals surface area contributed by atoms with Crippen LogP contribution in [0.25, 0.3) is 0 Å². The molecule has 1 fully saturated rings. The van der Waals surface area contributed by atoms with Crippen LogP contribution in [-0.2, 0) is 11.2 Å². The normalized spacial score (nSPS) is 20.8. The highest BCUT2D eigenvalue weighted by atomic mass is 16.3. The van der Waals surface area contributed by atoms with Gasteiger partial charge in [-0.25, -0.2) is 0 Å². The van der Waals surface area contributed by atoms with E-state index in [1.165, 1.54) is 5.56 Å². The number of nitrogens with zero attached hydrogens (tertiary/aromatic N) is 1. The van der Waals surface area contributed by atoms with E-state index in [-0.39, 0.29) is 12.5 Å². The summed E-state index contributed by atoms with van der Waals surface area (Å²) in [5, 5.41) is 9.08. The van der Waals surface area contributed by atoms with Gasteiger partial charge >= 0.3 is 0 Å². The zero-order valence-corrected chi connectivity index (χ0v) is 11.6. The molecule has 1 amide bonds. The standard InChI is InChI=1S/C16H23NO2/c1-13(12-18)9-15-10-16(19)17(11-15)8-7-14-5-3-2-4-6-14/h2-6,13,15,18H,7-12H2,1H3/t13-,15-/m0/s1. The van der Waals surface area contributed by atoms with Crippen molar-refractivity contribution in [2.45, 2.75) is 26.2 Å². The summed E-state index contributed by atoms with van der Waals surface area (Å²) in [5.41, 5.74) is 1.28. The van der Waals surface area contributed by atoms with Crippen molar-refractivity contribution < 1.29 is 9.90 Å². The molecule has 0 radical (unpaired) electrons. The van der Waals surface area contributed by atoms with Crippen LogP contribution in [0.5, 0.6) is 0 Å². The van der Waals surface area contributed by atoms with Crippen LogP contribution >= 0.6 is 0 Å². The molecule has 1 aliphatic rings. The smallest absolute Gasteiger partial charge is 0.222 e. The molecule has 3 heteroatoms. The lowest BCUT2D eigenvalue weighted by Gasteiger charge is -2.17. The van der Waals surface area contributed by atoms with E-state index in [1.807, 2.05) is 30.0 Å². The molecule has 1 aliphatic heterocycles. The Kier molecular flexibility index (Phi) is 4.97. The van der Waals surface area contributed by atoms with Crippen molar-refractivity contribution in [2.75, 3.05) is 19.7 Å². The summed E-state index contributed by atoms with van der Waals surface area (Å²) >= 11 is 0. The van der Waals surface area contributed by atoms with Crippen molar-refractivity contribution in [1.29, 1.82) is 0 Å². The highest BCUT2D eigenvalue weighted by Crippen LogP contribution is 2.24. The van der Waals surface area contributed by atoms with Gasteiger partial charge in [-0.05, 0) is 30.2 Å². The molecule has 0 aromatic heterocycles. The van der Waals surface area contributed by atoms with Crippen LogP contribution in [0.2, 0.25) is 0 Å². The van der Waals surface area contributed by atoms with Gasteiger partial charge in [0, 0.05) is 26.1 Å². The monoisotopic (exact) mass is 261 g/mol. The van der Waals surface area contributed by atoms with Crippen molar-refractivity contribution in [1.82, 2.24) is 4.90 Å². The maximum atomic E-state index is 11.9. The van der Waals surface area contributed by atoms with Crippen LogP contribution in [0, 0.1) is 11.8 Å². The van der Waals surface area contributed by atoms with E-state index in [4.69, 9.17) is 5.11 Å². The van der Waals surface area contributed by atoms with Gasteiger partial charge in [0.25, 0.3) is 0 Å². The number of carbonyl (C=O) groups is 1. The molecule has 0 aliphatic carbocycles. The number of rotatable bonds is 6. The molecule has 0 spiro atoms. The number of hydrogen-bond acceptors (Lipinski definition) is 2. The van der Waals surface area contributed by atoms with Crippen LogP contribution in [0.1, 0.15) is 25.3 Å². The zero-order chi connectivity index (χ0) is 13.7. The van der Waals surface area contributed by atoms with Crippen LogP contribution in [0.3, 0.4) is 0 Å². The molecule has 0 saturated carbocycles. The Balaban J connectivity index is 1.80. The molecule has 1 saturated heterocycles. The molecule has 2 atom stereocenters. The van der Waals surface area contributed by atoms with Crippen molar-refractivity contribution in [3.8, 4) is 0 Å². The number of aliphatic hydroxyl groups is 1. The Bertz CT molecular complexity index is 404. The fourth-order valence-electron chi connectivity index (χ4n) is 2.78. The van der Waals surface area contributed by atoms with Gasteiger partial charge in [-0.3, -0.25) is 4.79 Å². The minimum atomic E-state index is 0.217. The van der Waals surface area contributed by atoms with Gasteiger partial charge < -0.3 is 10.0 Å². The second kappa shape index (κ2) is 6.71. The van der Waals surface area contributed by atoms with Crippen LogP contribution in [0.15, 0.2) is 30.3 Å². The van der Waals surface area contributed by atoms with Gasteiger partial charge in [0.05, 0.1) is 0 Å². The number of aliphatic hydroxyl groups excluding tert-OH is 1. The van der Waals surface area contributed by atoms with Crippen molar-refractivity contribution in [3.05, 3.63) is 35.9 Å². The second-order valence-corrected chi connectivity index (χ2v) is 5.67. The van der Waals surface area contributed by atoms with Gasteiger partial charge in [0.15, 0.2) is 0 Å². The molecule has 2 rings (SSSR count). The average Bonchev–Trinajstić information content (AvgIpc) is 2.77. The summed E-state index contributed by atoms with van der Waals surface area (Å²) in [4.78, 5) is 13.9. The van der Waals surface area contributed by atoms with Gasteiger partial charge in [-0.15, -0.1) is 0 Å². The molecule has 19 heavy (non-hydrogen) atoms. The Morgan fingerprint density at radius 1 is 1.37 bits per heavy atom. The first kappa shape index (κ1) is 14.1. The maximum Gasteiger partial charge on any atom is 0.222 e. The Labute approximate surface area is 115 Å². The first-order chi connectivity index (χ1) is 9.19. The SMILES string of the molecule is C[C@H](CO)C[C@H]1CC(=O)N(CCc2ccccc2)C1. The Morgan fingerprint density at radius 3 is 2.79 bits per heavy atom. The lowest BCUT2D eigenvalue weighted by Crippen LogP contribution is -2.27. The number of benzene rings is 1. The minimum absolute atomic E-state index is 0.217. The van der Waals surface area contributed by atoms with E-state index in [0.29, 0.717) is 18.3 Å². The van der Waals surface area contributed by atoms with E-state index in [9.17, 15) is 4.79 Å². The van der Waals surface area contributed by atoms with Gasteiger partial charge in [-0.1, -0.05) is 37.3 Å². The van der Waals surface area contributed by atoms with E-state index in [0.717, 1.165) is 25.9 Å². The first-order valence-corrected chi connectivity index (χ1v) is 7.11. The molecule has 0 bridgehead atoms. The summed E-state index contributed by atoms with van der Waals surface area (Å²) in [6.07, 6.45) is 2.53. The van der Waals surface area contributed by atoms with Crippen molar-refractivity contribution >= 4 is 5.91 Å². The van der Waals surface area contributed by atoms with E-state index < -0.39 is 0 Å². The fraction of sp³-hybridized carbons (Fsp3) is 0.562. The minimum Gasteiger partial charge on any atom is -0.396 e. The van der Waals surface area contributed by atoms with Gasteiger partial charge in [0.2, 0.25) is 5.91 Å². The molecular formula is C16H23NO2. The number of hydrogen-bond donors (Lipinski definition) is 1. The summed E-state index contributed by atoms with van der Waals surface area (Å²) in [6, 6.07) is 10.3. The van der Waals surface area contributed by atoms with E-state index in [2.05, 4.69) is 12.1 Å². The highest BCUT2D eigenvalue weighted by Gasteiger charge is 2.29. The molecule has 1 aromatic carbocycles. The topological polar surface area (TPSA) is 40.5 Å². The van der Waals surface area contributed by atoms with E-state index >= 15 is 0 Å². The lowest BCUT2D eigenvalue weighted by atomic mass is 9.96. The summed E-state index contributed by atoms with van der Waals surface area (Å²) in [7, 11) is 0. The Hall–Kier alpha value is -1.35. The third-order valence-corrected chi connectivity index (χ3v) is 3.86. The fourth-order valence-corrected chi connectivity index (χ4v) is 2.78. The molecule has 1 N–H and O–H groups in total. The summed E-state index contributed by atoms with van der Waals surface area (Å²) in [5.74, 6) is 0.989. The average molecular weight is 261 g/mol. The number of amides is 1. The van der Waals surface area contributed by atoms with Gasteiger partial charge in [0.1, 0.15) is 0 Å². The van der Waals surface area contributed by atoms with Crippen molar-refractivity contribution in [2.24, 2.45) is 11.8 Å².